The molecule has 1 aliphatic rings. The van der Waals surface area contributed by atoms with Crippen LogP contribution in [0.25, 0.3) is 0 Å². The van der Waals surface area contributed by atoms with Crippen molar-refractivity contribution in [3.63, 3.8) is 0 Å². The molecule has 106 valence electrons. The van der Waals surface area contributed by atoms with E-state index in [2.05, 4.69) is 10.3 Å². The quantitative estimate of drug-likeness (QED) is 0.903. The molecule has 1 fully saturated rings. The van der Waals surface area contributed by atoms with E-state index in [1.54, 1.807) is 6.07 Å². The number of aromatic nitrogens is 1. The minimum absolute atomic E-state index is 0.0474. The summed E-state index contributed by atoms with van der Waals surface area (Å²) < 4.78 is 0. The van der Waals surface area contributed by atoms with Crippen molar-refractivity contribution in [2.24, 2.45) is 5.92 Å². The number of nitrogens with zero attached hydrogens (tertiary/aromatic N) is 1. The molecule has 5 nitrogen and oxygen atoms in total. The van der Waals surface area contributed by atoms with Crippen LogP contribution in [-0.2, 0) is 4.79 Å². The van der Waals surface area contributed by atoms with Crippen molar-refractivity contribution >= 4 is 17.6 Å². The molecule has 21 heavy (non-hydrogen) atoms. The Balaban J connectivity index is 1.66. The fourth-order valence-electron chi connectivity index (χ4n) is 2.41. The summed E-state index contributed by atoms with van der Waals surface area (Å²) in [5.74, 6) is -0.980. The third-order valence-electron chi connectivity index (χ3n) is 3.60. The number of carbonyl (C=O) groups excluding carboxylic acids is 1. The number of anilines is 1. The van der Waals surface area contributed by atoms with Gasteiger partial charge in [-0.2, -0.15) is 0 Å². The van der Waals surface area contributed by atoms with Gasteiger partial charge in [0.15, 0.2) is 0 Å². The van der Waals surface area contributed by atoms with Gasteiger partial charge >= 0.3 is 5.97 Å². The fourth-order valence-corrected chi connectivity index (χ4v) is 2.41. The predicted octanol–water partition coefficient (Wildman–Crippen LogP) is 2.52. The molecule has 1 aliphatic carbocycles. The number of benzene rings is 1. The van der Waals surface area contributed by atoms with Crippen LogP contribution in [0, 0.1) is 5.92 Å². The normalized spacial score (nSPS) is 19.8. The molecule has 1 heterocycles. The highest BCUT2D eigenvalue weighted by Crippen LogP contribution is 2.47. The molecule has 0 aliphatic heterocycles. The summed E-state index contributed by atoms with van der Waals surface area (Å²) in [6.07, 6.45) is 2.20. The minimum atomic E-state index is -1.11. The molecule has 2 unspecified atom stereocenters. The number of nitrogens with one attached hydrogen (secondary N) is 1. The Kier molecular flexibility index (Phi) is 3.39. The van der Waals surface area contributed by atoms with Crippen molar-refractivity contribution in [2.75, 3.05) is 5.32 Å². The van der Waals surface area contributed by atoms with Gasteiger partial charge in [0.05, 0.1) is 0 Å². The zero-order valence-corrected chi connectivity index (χ0v) is 11.2. The van der Waals surface area contributed by atoms with E-state index >= 15 is 0 Å². The van der Waals surface area contributed by atoms with E-state index in [4.69, 9.17) is 5.11 Å². The maximum atomic E-state index is 12.2. The second kappa shape index (κ2) is 5.36. The number of amides is 1. The van der Waals surface area contributed by atoms with Gasteiger partial charge in [0.1, 0.15) is 5.69 Å². The van der Waals surface area contributed by atoms with Gasteiger partial charge in [0, 0.05) is 17.8 Å². The second-order valence-electron chi connectivity index (χ2n) is 5.08. The van der Waals surface area contributed by atoms with Gasteiger partial charge in [-0.05, 0) is 30.0 Å². The van der Waals surface area contributed by atoms with E-state index in [-0.39, 0.29) is 23.4 Å². The van der Waals surface area contributed by atoms with E-state index < -0.39 is 5.97 Å². The standard InChI is InChI=1S/C16H14N2O3/c19-15(13-9-12(13)10-4-2-1-3-5-10)18-11-6-7-17-14(8-11)16(20)21/h1-8,12-13H,9H2,(H,20,21)(H,17,18,19). The summed E-state index contributed by atoms with van der Waals surface area (Å²) in [5.41, 5.74) is 1.55. The topological polar surface area (TPSA) is 79.3 Å². The molecule has 5 heteroatoms. The van der Waals surface area contributed by atoms with Crippen LogP contribution in [0.2, 0.25) is 0 Å². The molecule has 0 bridgehead atoms. The molecule has 2 aromatic rings. The molecule has 1 aromatic heterocycles. The zero-order valence-electron chi connectivity index (χ0n) is 11.2. The van der Waals surface area contributed by atoms with Gasteiger partial charge in [-0.3, -0.25) is 4.79 Å². The van der Waals surface area contributed by atoms with Crippen molar-refractivity contribution in [3.05, 3.63) is 59.9 Å². The van der Waals surface area contributed by atoms with Crippen LogP contribution in [-0.4, -0.2) is 22.0 Å². The van der Waals surface area contributed by atoms with E-state index in [9.17, 15) is 9.59 Å². The van der Waals surface area contributed by atoms with E-state index in [0.29, 0.717) is 5.69 Å². The van der Waals surface area contributed by atoms with Gasteiger partial charge in [-0.15, -0.1) is 0 Å². The summed E-state index contributed by atoms with van der Waals surface area (Å²) in [7, 11) is 0. The number of carboxylic acid groups (broad SMARTS) is 1. The lowest BCUT2D eigenvalue weighted by Crippen LogP contribution is -2.15. The Morgan fingerprint density at radius 3 is 2.67 bits per heavy atom. The van der Waals surface area contributed by atoms with Gasteiger partial charge in [-0.1, -0.05) is 30.3 Å². The summed E-state index contributed by atoms with van der Waals surface area (Å²) in [6.45, 7) is 0. The summed E-state index contributed by atoms with van der Waals surface area (Å²) in [4.78, 5) is 26.7. The van der Waals surface area contributed by atoms with Crippen molar-refractivity contribution in [1.29, 1.82) is 0 Å². The Labute approximate surface area is 121 Å². The molecular weight excluding hydrogens is 268 g/mol. The summed E-state index contributed by atoms with van der Waals surface area (Å²) >= 11 is 0. The number of hydrogen-bond acceptors (Lipinski definition) is 3. The van der Waals surface area contributed by atoms with Crippen molar-refractivity contribution in [2.45, 2.75) is 12.3 Å². The van der Waals surface area contributed by atoms with Crippen molar-refractivity contribution in [1.82, 2.24) is 4.98 Å². The Bertz CT molecular complexity index is 685. The lowest BCUT2D eigenvalue weighted by Gasteiger charge is -2.05. The van der Waals surface area contributed by atoms with E-state index in [0.717, 1.165) is 6.42 Å². The van der Waals surface area contributed by atoms with Gasteiger partial charge in [-0.25, -0.2) is 9.78 Å². The molecular formula is C16H14N2O3. The largest absolute Gasteiger partial charge is 0.477 e. The molecule has 0 spiro atoms. The van der Waals surface area contributed by atoms with Crippen LogP contribution in [0.15, 0.2) is 48.7 Å². The Morgan fingerprint density at radius 2 is 1.95 bits per heavy atom. The molecule has 0 saturated heterocycles. The first-order valence-electron chi connectivity index (χ1n) is 6.70. The SMILES string of the molecule is O=C(O)c1cc(NC(=O)C2CC2c2ccccc2)ccn1. The van der Waals surface area contributed by atoms with Gasteiger partial charge in [0.25, 0.3) is 0 Å². The van der Waals surface area contributed by atoms with E-state index in [1.807, 2.05) is 30.3 Å². The third-order valence-corrected chi connectivity index (χ3v) is 3.60. The first-order chi connectivity index (χ1) is 10.1. The summed E-state index contributed by atoms with van der Waals surface area (Å²) in [6, 6.07) is 12.9. The number of pyridine rings is 1. The minimum Gasteiger partial charge on any atom is -0.477 e. The zero-order chi connectivity index (χ0) is 14.8. The lowest BCUT2D eigenvalue weighted by molar-refractivity contribution is -0.117. The van der Waals surface area contributed by atoms with Crippen molar-refractivity contribution in [3.8, 4) is 0 Å². The smallest absolute Gasteiger partial charge is 0.354 e. The van der Waals surface area contributed by atoms with Crippen LogP contribution in [0.3, 0.4) is 0 Å². The number of aromatic carboxylic acids is 1. The first kappa shape index (κ1) is 13.3. The molecule has 1 saturated carbocycles. The predicted molar refractivity (Wildman–Crippen MR) is 77.1 cm³/mol. The lowest BCUT2D eigenvalue weighted by atomic mass is 10.1. The highest BCUT2D eigenvalue weighted by molar-refractivity contribution is 5.96. The first-order valence-corrected chi connectivity index (χ1v) is 6.70. The summed E-state index contributed by atoms with van der Waals surface area (Å²) in [5, 5.41) is 11.6. The fraction of sp³-hybridized carbons (Fsp3) is 0.188. The monoisotopic (exact) mass is 282 g/mol. The van der Waals surface area contributed by atoms with Crippen molar-refractivity contribution < 1.29 is 14.7 Å². The third kappa shape index (κ3) is 2.91. The van der Waals surface area contributed by atoms with Gasteiger partial charge < -0.3 is 10.4 Å². The van der Waals surface area contributed by atoms with Crippen LogP contribution in [0.5, 0.6) is 0 Å². The Morgan fingerprint density at radius 1 is 1.19 bits per heavy atom. The van der Waals surface area contributed by atoms with E-state index in [1.165, 1.54) is 17.8 Å². The van der Waals surface area contributed by atoms with Crippen LogP contribution >= 0.6 is 0 Å². The average Bonchev–Trinajstić information content (AvgIpc) is 3.29. The molecule has 1 aromatic carbocycles. The van der Waals surface area contributed by atoms with Gasteiger partial charge in [0.2, 0.25) is 5.91 Å². The molecule has 2 N–H and O–H groups in total. The second-order valence-corrected chi connectivity index (χ2v) is 5.08. The Hall–Kier alpha value is -2.69. The van der Waals surface area contributed by atoms with Crippen LogP contribution in [0.4, 0.5) is 5.69 Å². The number of carbonyl (C=O) groups is 2. The molecule has 3 rings (SSSR count). The highest BCUT2D eigenvalue weighted by atomic mass is 16.4. The molecule has 1 amide bonds. The van der Waals surface area contributed by atoms with Crippen LogP contribution in [0.1, 0.15) is 28.4 Å². The molecule has 0 radical (unpaired) electrons. The number of hydrogen-bond donors (Lipinski definition) is 2. The molecule has 2 atom stereocenters. The maximum absolute atomic E-state index is 12.2. The average molecular weight is 282 g/mol. The number of carboxylic acids is 1. The maximum Gasteiger partial charge on any atom is 0.354 e. The number of rotatable bonds is 4. The van der Waals surface area contributed by atoms with Crippen LogP contribution < -0.4 is 5.32 Å². The highest BCUT2D eigenvalue weighted by Gasteiger charge is 2.43.